The number of hydrogen-bond acceptors (Lipinski definition) is 5. The molecule has 3 N–H and O–H groups in total. The maximum absolute atomic E-state index is 12.4. The number of thioether (sulfide) groups is 1. The second-order valence-electron chi connectivity index (χ2n) is 8.71. The summed E-state index contributed by atoms with van der Waals surface area (Å²) in [6.07, 6.45) is 9.03. The van der Waals surface area contributed by atoms with E-state index in [0.717, 1.165) is 30.6 Å². The average molecular weight is 433 g/mol. The fourth-order valence-electron chi connectivity index (χ4n) is 4.82. The van der Waals surface area contributed by atoms with Gasteiger partial charge in [0.05, 0.1) is 17.8 Å². The van der Waals surface area contributed by atoms with Crippen LogP contribution < -0.4 is 0 Å². The molecule has 0 aliphatic heterocycles. The molecule has 0 saturated heterocycles. The van der Waals surface area contributed by atoms with Gasteiger partial charge in [0.15, 0.2) is 0 Å². The fourth-order valence-corrected chi connectivity index (χ4v) is 5.92. The summed E-state index contributed by atoms with van der Waals surface area (Å²) in [5, 5.41) is 30.1. The minimum absolute atomic E-state index is 0.0561. The molecule has 1 aromatic rings. The van der Waals surface area contributed by atoms with Crippen molar-refractivity contribution in [1.29, 1.82) is 0 Å². The predicted octanol–water partition coefficient (Wildman–Crippen LogP) is 4.32. The molecule has 0 aromatic heterocycles. The summed E-state index contributed by atoms with van der Waals surface area (Å²) in [5.41, 5.74) is 0.291. The van der Waals surface area contributed by atoms with Crippen molar-refractivity contribution in [2.75, 3.05) is 5.75 Å². The molecule has 5 nitrogen and oxygen atoms in total. The van der Waals surface area contributed by atoms with Gasteiger partial charge in [0, 0.05) is 28.9 Å². The number of carboxylic acid groups (broad SMARTS) is 1. The van der Waals surface area contributed by atoms with Crippen LogP contribution in [-0.2, 0) is 4.79 Å². The lowest BCUT2D eigenvalue weighted by Gasteiger charge is -2.45. The van der Waals surface area contributed by atoms with Crippen molar-refractivity contribution in [2.24, 2.45) is 17.3 Å². The number of carbonyl (C=O) groups excluding carboxylic acids is 1. The zero-order valence-corrected chi connectivity index (χ0v) is 18.3. The Hall–Kier alpha value is -1.63. The standard InChI is InChI=1S/C24H32O5S/c1-2-11-24(12-4-13-24)22(27)6-3-5-18-19(21(26)14-20(18)25)15-30-17-9-7-16(8-10-17)23(28)29/h3,5,7-10,18-20,22,25,27H,2,4,6,11-15H2,1H3,(H,28,29)/t18-,19-,20?,22?/m1/s1. The number of carboxylic acids is 1. The summed E-state index contributed by atoms with van der Waals surface area (Å²) in [5.74, 6) is -0.867. The van der Waals surface area contributed by atoms with Gasteiger partial charge in [-0.25, -0.2) is 4.79 Å². The molecule has 2 aliphatic rings. The van der Waals surface area contributed by atoms with Crippen LogP contribution in [0.15, 0.2) is 41.3 Å². The molecule has 4 atom stereocenters. The van der Waals surface area contributed by atoms with E-state index in [0.29, 0.717) is 12.2 Å². The second kappa shape index (κ2) is 10.1. The minimum atomic E-state index is -0.962. The summed E-state index contributed by atoms with van der Waals surface area (Å²) < 4.78 is 0. The topological polar surface area (TPSA) is 94.8 Å². The van der Waals surface area contributed by atoms with Crippen molar-refractivity contribution in [3.05, 3.63) is 42.0 Å². The van der Waals surface area contributed by atoms with E-state index in [1.54, 1.807) is 24.3 Å². The summed E-state index contributed by atoms with van der Waals surface area (Å²) in [6, 6.07) is 6.61. The lowest BCUT2D eigenvalue weighted by molar-refractivity contribution is -0.120. The number of carbonyl (C=O) groups is 2. The molecule has 0 amide bonds. The molecule has 2 fully saturated rings. The van der Waals surface area contributed by atoms with Crippen LogP contribution in [0, 0.1) is 17.3 Å². The van der Waals surface area contributed by atoms with Crippen molar-refractivity contribution >= 4 is 23.5 Å². The fraction of sp³-hybridized carbons (Fsp3) is 0.583. The number of Topliss-reactive ketones (excluding diaryl/α,β-unsaturated/α-hetero) is 1. The van der Waals surface area contributed by atoms with Gasteiger partial charge in [-0.05, 0) is 55.4 Å². The maximum atomic E-state index is 12.4. The first-order valence-corrected chi connectivity index (χ1v) is 11.9. The van der Waals surface area contributed by atoms with Crippen LogP contribution in [0.4, 0.5) is 0 Å². The van der Waals surface area contributed by atoms with Crippen LogP contribution >= 0.6 is 11.8 Å². The number of aliphatic hydroxyl groups excluding tert-OH is 2. The number of benzene rings is 1. The number of ketones is 1. The number of hydrogen-bond donors (Lipinski definition) is 3. The highest BCUT2D eigenvalue weighted by Crippen LogP contribution is 2.48. The van der Waals surface area contributed by atoms with Gasteiger partial charge in [-0.3, -0.25) is 4.79 Å². The van der Waals surface area contributed by atoms with Crippen molar-refractivity contribution in [3.63, 3.8) is 0 Å². The molecule has 0 spiro atoms. The third kappa shape index (κ3) is 5.16. The first-order chi connectivity index (χ1) is 14.4. The van der Waals surface area contributed by atoms with Crippen LogP contribution in [0.3, 0.4) is 0 Å². The monoisotopic (exact) mass is 432 g/mol. The Balaban J connectivity index is 1.58. The third-order valence-corrected chi connectivity index (χ3v) is 7.92. The zero-order chi connectivity index (χ0) is 21.7. The Morgan fingerprint density at radius 1 is 1.30 bits per heavy atom. The van der Waals surface area contributed by atoms with Gasteiger partial charge in [-0.1, -0.05) is 31.9 Å². The Morgan fingerprint density at radius 3 is 2.57 bits per heavy atom. The van der Waals surface area contributed by atoms with Crippen LogP contribution in [-0.4, -0.2) is 45.0 Å². The van der Waals surface area contributed by atoms with E-state index in [1.165, 1.54) is 18.2 Å². The molecule has 0 heterocycles. The molecule has 0 bridgehead atoms. The quantitative estimate of drug-likeness (QED) is 0.376. The SMILES string of the molecule is CCCC1(C(O)CC=C[C@H]2C(O)CC(=O)[C@@H]2CSc2ccc(C(=O)O)cc2)CCC1. The Labute approximate surface area is 182 Å². The summed E-state index contributed by atoms with van der Waals surface area (Å²) >= 11 is 1.50. The molecule has 2 aliphatic carbocycles. The molecule has 164 valence electrons. The smallest absolute Gasteiger partial charge is 0.335 e. The van der Waals surface area contributed by atoms with E-state index in [4.69, 9.17) is 5.11 Å². The highest BCUT2D eigenvalue weighted by Gasteiger charge is 2.42. The lowest BCUT2D eigenvalue weighted by atomic mass is 9.62. The predicted molar refractivity (Wildman–Crippen MR) is 118 cm³/mol. The van der Waals surface area contributed by atoms with Gasteiger partial charge in [0.1, 0.15) is 5.78 Å². The first-order valence-electron chi connectivity index (χ1n) is 10.9. The first kappa shape index (κ1) is 23.0. The normalized spacial score (nSPS) is 26.6. The molecular formula is C24H32O5S. The molecule has 3 rings (SSSR count). The van der Waals surface area contributed by atoms with E-state index >= 15 is 0 Å². The van der Waals surface area contributed by atoms with E-state index in [-0.39, 0.29) is 41.1 Å². The van der Waals surface area contributed by atoms with Gasteiger partial charge >= 0.3 is 5.97 Å². The van der Waals surface area contributed by atoms with Gasteiger partial charge in [0.2, 0.25) is 0 Å². The third-order valence-electron chi connectivity index (χ3n) is 6.79. The summed E-state index contributed by atoms with van der Waals surface area (Å²) in [7, 11) is 0. The van der Waals surface area contributed by atoms with Crippen LogP contribution in [0.25, 0.3) is 0 Å². The molecular weight excluding hydrogens is 400 g/mol. The zero-order valence-electron chi connectivity index (χ0n) is 17.5. The van der Waals surface area contributed by atoms with Crippen LogP contribution in [0.5, 0.6) is 0 Å². The molecule has 6 heteroatoms. The molecule has 0 radical (unpaired) electrons. The van der Waals surface area contributed by atoms with E-state index < -0.39 is 12.1 Å². The summed E-state index contributed by atoms with van der Waals surface area (Å²) in [6.45, 7) is 2.15. The van der Waals surface area contributed by atoms with E-state index in [9.17, 15) is 19.8 Å². The minimum Gasteiger partial charge on any atom is -0.478 e. The van der Waals surface area contributed by atoms with Crippen LogP contribution in [0.2, 0.25) is 0 Å². The van der Waals surface area contributed by atoms with Crippen molar-refractivity contribution < 1.29 is 24.9 Å². The number of aromatic carboxylic acids is 1. The lowest BCUT2D eigenvalue weighted by Crippen LogP contribution is -2.41. The van der Waals surface area contributed by atoms with Crippen molar-refractivity contribution in [2.45, 2.75) is 69.0 Å². The largest absolute Gasteiger partial charge is 0.478 e. The molecule has 2 saturated carbocycles. The molecule has 2 unspecified atom stereocenters. The Bertz CT molecular complexity index is 768. The van der Waals surface area contributed by atoms with Crippen LogP contribution in [0.1, 0.15) is 62.2 Å². The number of rotatable bonds is 10. The molecule has 30 heavy (non-hydrogen) atoms. The van der Waals surface area contributed by atoms with E-state index in [2.05, 4.69) is 6.92 Å². The Morgan fingerprint density at radius 2 is 2.00 bits per heavy atom. The number of aliphatic hydroxyl groups is 2. The van der Waals surface area contributed by atoms with Gasteiger partial charge in [0.25, 0.3) is 0 Å². The Kier molecular flexibility index (Phi) is 7.77. The highest BCUT2D eigenvalue weighted by molar-refractivity contribution is 7.99. The summed E-state index contributed by atoms with van der Waals surface area (Å²) in [4.78, 5) is 24.3. The van der Waals surface area contributed by atoms with Crippen molar-refractivity contribution in [1.82, 2.24) is 0 Å². The van der Waals surface area contributed by atoms with E-state index in [1.807, 2.05) is 12.2 Å². The van der Waals surface area contributed by atoms with Gasteiger partial charge < -0.3 is 15.3 Å². The second-order valence-corrected chi connectivity index (χ2v) is 9.80. The maximum Gasteiger partial charge on any atom is 0.335 e. The molecule has 1 aromatic carbocycles. The highest BCUT2D eigenvalue weighted by atomic mass is 32.2. The van der Waals surface area contributed by atoms with Crippen molar-refractivity contribution in [3.8, 4) is 0 Å². The van der Waals surface area contributed by atoms with Gasteiger partial charge in [-0.15, -0.1) is 11.8 Å². The van der Waals surface area contributed by atoms with Gasteiger partial charge in [-0.2, -0.15) is 0 Å². The average Bonchev–Trinajstić information content (AvgIpc) is 2.95.